The number of carbonyl (C=O) groups excluding carboxylic acids is 1. The summed E-state index contributed by atoms with van der Waals surface area (Å²) < 4.78 is 13.3. The summed E-state index contributed by atoms with van der Waals surface area (Å²) in [6, 6.07) is 4.85. The zero-order valence-electron chi connectivity index (χ0n) is 9.80. The second-order valence-electron chi connectivity index (χ2n) is 4.06. The van der Waals surface area contributed by atoms with E-state index < -0.39 is 0 Å². The maximum Gasteiger partial charge on any atom is 0.239 e. The number of amides is 1. The first-order chi connectivity index (χ1) is 7.49. The molecule has 0 unspecified atom stereocenters. The number of carbonyl (C=O) groups is 1. The Labute approximate surface area is 95.0 Å². The zero-order chi connectivity index (χ0) is 12.1. The Morgan fingerprint density at radius 1 is 1.44 bits per heavy atom. The van der Waals surface area contributed by atoms with Crippen molar-refractivity contribution in [1.82, 2.24) is 5.32 Å². The second-order valence-corrected chi connectivity index (χ2v) is 4.06. The van der Waals surface area contributed by atoms with E-state index in [-0.39, 0.29) is 24.3 Å². The van der Waals surface area contributed by atoms with Crippen molar-refractivity contribution < 1.29 is 9.18 Å². The number of rotatable bonds is 4. The number of hydrogen-bond acceptors (Lipinski definition) is 2. The normalized spacial score (nSPS) is 10.3. The van der Waals surface area contributed by atoms with Gasteiger partial charge in [-0.25, -0.2) is 4.39 Å². The largest absolute Gasteiger partial charge is 0.374 e. The summed E-state index contributed by atoms with van der Waals surface area (Å²) in [5.74, 6) is -0.487. The Morgan fingerprint density at radius 3 is 2.75 bits per heavy atom. The van der Waals surface area contributed by atoms with Crippen molar-refractivity contribution in [2.45, 2.75) is 26.8 Å². The van der Waals surface area contributed by atoms with Gasteiger partial charge in [0.15, 0.2) is 0 Å². The molecule has 1 rings (SSSR count). The molecule has 2 N–H and O–H groups in total. The van der Waals surface area contributed by atoms with Crippen LogP contribution in [-0.4, -0.2) is 18.5 Å². The van der Waals surface area contributed by atoms with Gasteiger partial charge in [-0.05, 0) is 38.5 Å². The number of hydrogen-bond donors (Lipinski definition) is 2. The molecule has 1 amide bonds. The van der Waals surface area contributed by atoms with Gasteiger partial charge < -0.3 is 10.6 Å². The molecular weight excluding hydrogens is 207 g/mol. The third-order valence-corrected chi connectivity index (χ3v) is 2.01. The van der Waals surface area contributed by atoms with Crippen molar-refractivity contribution in [3.8, 4) is 0 Å². The number of benzene rings is 1. The van der Waals surface area contributed by atoms with Gasteiger partial charge in [-0.1, -0.05) is 6.07 Å². The lowest BCUT2D eigenvalue weighted by atomic mass is 10.2. The zero-order valence-corrected chi connectivity index (χ0v) is 9.80. The molecule has 0 fully saturated rings. The molecule has 0 saturated carbocycles. The summed E-state index contributed by atoms with van der Waals surface area (Å²) in [6.07, 6.45) is 0. The van der Waals surface area contributed by atoms with Crippen LogP contribution in [0.2, 0.25) is 0 Å². The van der Waals surface area contributed by atoms with Crippen molar-refractivity contribution >= 4 is 11.6 Å². The van der Waals surface area contributed by atoms with E-state index in [4.69, 9.17) is 0 Å². The molecular formula is C12H17FN2O. The van der Waals surface area contributed by atoms with Crippen molar-refractivity contribution in [3.05, 3.63) is 29.6 Å². The molecule has 88 valence electrons. The molecule has 3 nitrogen and oxygen atoms in total. The van der Waals surface area contributed by atoms with E-state index in [1.807, 2.05) is 20.8 Å². The average molecular weight is 224 g/mol. The summed E-state index contributed by atoms with van der Waals surface area (Å²) in [5, 5.41) is 5.50. The van der Waals surface area contributed by atoms with Crippen LogP contribution in [0.15, 0.2) is 18.2 Å². The van der Waals surface area contributed by atoms with Crippen LogP contribution in [0.3, 0.4) is 0 Å². The Morgan fingerprint density at radius 2 is 2.12 bits per heavy atom. The quantitative estimate of drug-likeness (QED) is 0.822. The average Bonchev–Trinajstić information content (AvgIpc) is 2.18. The molecule has 0 atom stereocenters. The number of anilines is 1. The summed E-state index contributed by atoms with van der Waals surface area (Å²) in [4.78, 5) is 11.3. The molecule has 0 aliphatic heterocycles. The molecule has 0 aliphatic rings. The van der Waals surface area contributed by atoms with Crippen LogP contribution < -0.4 is 10.6 Å². The minimum atomic E-state index is -0.344. The highest BCUT2D eigenvalue weighted by Gasteiger charge is 2.05. The Bertz CT molecular complexity index is 377. The fourth-order valence-corrected chi connectivity index (χ4v) is 1.32. The van der Waals surface area contributed by atoms with E-state index in [1.165, 1.54) is 6.07 Å². The van der Waals surface area contributed by atoms with Crippen LogP contribution in [0.25, 0.3) is 0 Å². The smallest absolute Gasteiger partial charge is 0.239 e. The van der Waals surface area contributed by atoms with Crippen molar-refractivity contribution in [2.24, 2.45) is 0 Å². The highest BCUT2D eigenvalue weighted by atomic mass is 19.1. The molecule has 0 bridgehead atoms. The van der Waals surface area contributed by atoms with Crippen LogP contribution >= 0.6 is 0 Å². The van der Waals surface area contributed by atoms with Crippen molar-refractivity contribution in [2.75, 3.05) is 11.9 Å². The van der Waals surface area contributed by atoms with Crippen LogP contribution in [-0.2, 0) is 4.79 Å². The first-order valence-electron chi connectivity index (χ1n) is 5.28. The number of nitrogens with one attached hydrogen (secondary N) is 2. The number of aryl methyl sites for hydroxylation is 1. The Balaban J connectivity index is 2.54. The van der Waals surface area contributed by atoms with Gasteiger partial charge >= 0.3 is 0 Å². The lowest BCUT2D eigenvalue weighted by Gasteiger charge is -2.11. The highest BCUT2D eigenvalue weighted by Crippen LogP contribution is 2.14. The third-order valence-electron chi connectivity index (χ3n) is 2.01. The van der Waals surface area contributed by atoms with E-state index >= 15 is 0 Å². The molecule has 0 aliphatic carbocycles. The van der Waals surface area contributed by atoms with Crippen LogP contribution in [0.4, 0.5) is 10.1 Å². The molecule has 0 spiro atoms. The Kier molecular flexibility index (Phi) is 4.28. The third kappa shape index (κ3) is 3.88. The highest BCUT2D eigenvalue weighted by molar-refractivity contribution is 5.80. The summed E-state index contributed by atoms with van der Waals surface area (Å²) in [5.41, 5.74) is 1.31. The van der Waals surface area contributed by atoms with E-state index in [0.29, 0.717) is 5.69 Å². The molecule has 4 heteroatoms. The van der Waals surface area contributed by atoms with Gasteiger partial charge in [-0.2, -0.15) is 0 Å². The minimum absolute atomic E-state index is 0.0819. The fourth-order valence-electron chi connectivity index (χ4n) is 1.32. The van der Waals surface area contributed by atoms with Gasteiger partial charge in [0.1, 0.15) is 5.82 Å². The topological polar surface area (TPSA) is 41.1 Å². The van der Waals surface area contributed by atoms with Crippen LogP contribution in [0.1, 0.15) is 19.4 Å². The summed E-state index contributed by atoms with van der Waals surface area (Å²) >= 11 is 0. The fraction of sp³-hybridized carbons (Fsp3) is 0.417. The molecule has 0 saturated heterocycles. The maximum absolute atomic E-state index is 13.3. The molecule has 0 radical (unpaired) electrons. The number of halogens is 1. The predicted molar refractivity (Wildman–Crippen MR) is 62.9 cm³/mol. The Hall–Kier alpha value is -1.58. The van der Waals surface area contributed by atoms with E-state index in [2.05, 4.69) is 10.6 Å². The maximum atomic E-state index is 13.3. The van der Waals surface area contributed by atoms with Crippen LogP contribution in [0, 0.1) is 12.7 Å². The van der Waals surface area contributed by atoms with Gasteiger partial charge in [0.2, 0.25) is 5.91 Å². The van der Waals surface area contributed by atoms with Gasteiger partial charge in [0.05, 0.1) is 12.2 Å². The standard InChI is InChI=1S/C12H17FN2O/c1-8(2)15-12(16)7-14-11-6-9(3)4-5-10(11)13/h4-6,8,14H,7H2,1-3H3,(H,15,16). The van der Waals surface area contributed by atoms with E-state index in [9.17, 15) is 9.18 Å². The van der Waals surface area contributed by atoms with Gasteiger partial charge in [0, 0.05) is 6.04 Å². The molecule has 0 aromatic heterocycles. The minimum Gasteiger partial charge on any atom is -0.374 e. The van der Waals surface area contributed by atoms with E-state index in [0.717, 1.165) is 5.56 Å². The molecule has 1 aromatic rings. The lowest BCUT2D eigenvalue weighted by Crippen LogP contribution is -2.34. The van der Waals surface area contributed by atoms with Crippen molar-refractivity contribution in [3.63, 3.8) is 0 Å². The monoisotopic (exact) mass is 224 g/mol. The first kappa shape index (κ1) is 12.5. The first-order valence-corrected chi connectivity index (χ1v) is 5.28. The summed E-state index contributed by atoms with van der Waals surface area (Å²) in [6.45, 7) is 5.72. The lowest BCUT2D eigenvalue weighted by molar-refractivity contribution is -0.119. The van der Waals surface area contributed by atoms with Crippen LogP contribution in [0.5, 0.6) is 0 Å². The predicted octanol–water partition coefficient (Wildman–Crippen LogP) is 2.07. The van der Waals surface area contributed by atoms with Gasteiger partial charge in [-0.3, -0.25) is 4.79 Å². The summed E-state index contributed by atoms with van der Waals surface area (Å²) in [7, 11) is 0. The van der Waals surface area contributed by atoms with E-state index in [1.54, 1.807) is 12.1 Å². The molecule has 16 heavy (non-hydrogen) atoms. The SMILES string of the molecule is Cc1ccc(F)c(NCC(=O)NC(C)C)c1. The molecule has 0 heterocycles. The van der Waals surface area contributed by atoms with Gasteiger partial charge in [-0.15, -0.1) is 0 Å². The molecule has 1 aromatic carbocycles. The van der Waals surface area contributed by atoms with Gasteiger partial charge in [0.25, 0.3) is 0 Å². The van der Waals surface area contributed by atoms with Crippen molar-refractivity contribution in [1.29, 1.82) is 0 Å². The second kappa shape index (κ2) is 5.49.